The molecule has 2 aromatic heterocycles. The summed E-state index contributed by atoms with van der Waals surface area (Å²) in [6, 6.07) is 1.90. The molecular formula is C14H17BrN4O. The van der Waals surface area contributed by atoms with E-state index in [1.165, 1.54) is 12.8 Å². The van der Waals surface area contributed by atoms with Crippen LogP contribution in [-0.2, 0) is 11.5 Å². The second-order valence-electron chi connectivity index (χ2n) is 4.94. The zero-order valence-corrected chi connectivity index (χ0v) is 13.0. The largest absolute Gasteiger partial charge is 0.361 e. The molecule has 20 heavy (non-hydrogen) atoms. The summed E-state index contributed by atoms with van der Waals surface area (Å²) in [5.74, 6) is 1.66. The van der Waals surface area contributed by atoms with Gasteiger partial charge < -0.3 is 9.30 Å². The quantitative estimate of drug-likeness (QED) is 0.759. The number of hydrogen-bond donors (Lipinski definition) is 0. The summed E-state index contributed by atoms with van der Waals surface area (Å²) < 4.78 is 8.69. The highest BCUT2D eigenvalue weighted by molar-refractivity contribution is 9.10. The maximum Gasteiger partial charge on any atom is 0.134 e. The molecule has 0 aliphatic heterocycles. The third-order valence-corrected chi connectivity index (χ3v) is 3.84. The number of imidazole rings is 1. The molecule has 5 nitrogen and oxygen atoms in total. The fourth-order valence-electron chi connectivity index (χ4n) is 2.20. The Kier molecular flexibility index (Phi) is 4.12. The highest BCUT2D eigenvalue weighted by Gasteiger charge is 2.31. The highest BCUT2D eigenvalue weighted by Crippen LogP contribution is 2.42. The van der Waals surface area contributed by atoms with Crippen molar-refractivity contribution in [1.82, 2.24) is 19.5 Å². The number of aromatic nitrogens is 4. The summed E-state index contributed by atoms with van der Waals surface area (Å²) in [4.78, 5) is 13.0. The van der Waals surface area contributed by atoms with Gasteiger partial charge in [-0.2, -0.15) is 0 Å². The van der Waals surface area contributed by atoms with Gasteiger partial charge in [-0.1, -0.05) is 6.92 Å². The molecule has 0 radical (unpaired) electrons. The van der Waals surface area contributed by atoms with E-state index in [0.29, 0.717) is 12.6 Å². The number of ether oxygens (including phenoxy) is 1. The molecule has 2 heterocycles. The van der Waals surface area contributed by atoms with Crippen molar-refractivity contribution in [2.45, 2.75) is 38.8 Å². The molecule has 0 atom stereocenters. The summed E-state index contributed by atoms with van der Waals surface area (Å²) in [5, 5.41) is 0. The Morgan fingerprint density at radius 1 is 1.45 bits per heavy atom. The molecule has 1 saturated carbocycles. The lowest BCUT2D eigenvalue weighted by atomic mass is 10.3. The summed E-state index contributed by atoms with van der Waals surface area (Å²) in [6.07, 6.45) is 6.73. The van der Waals surface area contributed by atoms with Crippen molar-refractivity contribution < 1.29 is 4.74 Å². The standard InChI is InChI=1S/C14H17BrN4O/c1-2-7-20-9-19-12(11-5-6-16-8-17-11)13(15)18-14(19)10-3-4-10/h5-6,8,10H,2-4,7,9H2,1H3. The fourth-order valence-corrected chi connectivity index (χ4v) is 2.80. The molecule has 0 spiro atoms. The van der Waals surface area contributed by atoms with E-state index < -0.39 is 0 Å². The summed E-state index contributed by atoms with van der Waals surface area (Å²) in [5.41, 5.74) is 1.84. The van der Waals surface area contributed by atoms with Crippen LogP contribution >= 0.6 is 15.9 Å². The monoisotopic (exact) mass is 336 g/mol. The third kappa shape index (κ3) is 2.76. The lowest BCUT2D eigenvalue weighted by Gasteiger charge is -2.11. The molecule has 0 amide bonds. The Labute approximate surface area is 126 Å². The van der Waals surface area contributed by atoms with Crippen LogP contribution in [0.2, 0.25) is 0 Å². The van der Waals surface area contributed by atoms with Crippen molar-refractivity contribution in [2.24, 2.45) is 0 Å². The predicted octanol–water partition coefficient (Wildman–Crippen LogP) is 3.36. The van der Waals surface area contributed by atoms with E-state index in [4.69, 9.17) is 4.74 Å². The number of nitrogens with zero attached hydrogens (tertiary/aromatic N) is 4. The van der Waals surface area contributed by atoms with Gasteiger partial charge in [0.05, 0.1) is 5.69 Å². The zero-order valence-electron chi connectivity index (χ0n) is 11.4. The van der Waals surface area contributed by atoms with Crippen molar-refractivity contribution in [3.63, 3.8) is 0 Å². The fraction of sp³-hybridized carbons (Fsp3) is 0.500. The van der Waals surface area contributed by atoms with E-state index in [0.717, 1.165) is 34.8 Å². The first-order valence-electron chi connectivity index (χ1n) is 6.91. The van der Waals surface area contributed by atoms with E-state index in [1.54, 1.807) is 12.5 Å². The van der Waals surface area contributed by atoms with E-state index in [1.807, 2.05) is 6.07 Å². The van der Waals surface area contributed by atoms with Gasteiger partial charge in [-0.15, -0.1) is 0 Å². The Hall–Kier alpha value is -1.27. The van der Waals surface area contributed by atoms with Crippen molar-refractivity contribution in [2.75, 3.05) is 6.61 Å². The van der Waals surface area contributed by atoms with Crippen molar-refractivity contribution in [3.8, 4) is 11.4 Å². The smallest absolute Gasteiger partial charge is 0.134 e. The molecule has 0 aromatic carbocycles. The van der Waals surface area contributed by atoms with Crippen molar-refractivity contribution in [1.29, 1.82) is 0 Å². The minimum Gasteiger partial charge on any atom is -0.361 e. The number of halogens is 1. The molecular weight excluding hydrogens is 320 g/mol. The molecule has 1 fully saturated rings. The van der Waals surface area contributed by atoms with E-state index in [-0.39, 0.29) is 0 Å². The Balaban J connectivity index is 1.98. The Morgan fingerprint density at radius 2 is 2.30 bits per heavy atom. The van der Waals surface area contributed by atoms with E-state index >= 15 is 0 Å². The first-order chi connectivity index (χ1) is 9.81. The molecule has 6 heteroatoms. The second-order valence-corrected chi connectivity index (χ2v) is 5.69. The van der Waals surface area contributed by atoms with Crippen molar-refractivity contribution in [3.05, 3.63) is 29.0 Å². The SMILES string of the molecule is CCCOCn1c(C2CC2)nc(Br)c1-c1ccncn1. The summed E-state index contributed by atoms with van der Waals surface area (Å²) >= 11 is 3.56. The topological polar surface area (TPSA) is 52.8 Å². The van der Waals surface area contributed by atoms with E-state index in [9.17, 15) is 0 Å². The number of rotatable bonds is 6. The van der Waals surface area contributed by atoms with Gasteiger partial charge in [0.1, 0.15) is 29.2 Å². The van der Waals surface area contributed by atoms with Gasteiger partial charge in [-0.3, -0.25) is 0 Å². The second kappa shape index (κ2) is 6.01. The normalized spacial score (nSPS) is 14.7. The first-order valence-corrected chi connectivity index (χ1v) is 7.70. The van der Waals surface area contributed by atoms with Gasteiger partial charge in [0.25, 0.3) is 0 Å². The first kappa shape index (κ1) is 13.7. The minimum atomic E-state index is 0.525. The van der Waals surface area contributed by atoms with Gasteiger partial charge >= 0.3 is 0 Å². The number of hydrogen-bond acceptors (Lipinski definition) is 4. The van der Waals surface area contributed by atoms with Gasteiger partial charge in [0, 0.05) is 18.7 Å². The minimum absolute atomic E-state index is 0.525. The summed E-state index contributed by atoms with van der Waals surface area (Å²) in [7, 11) is 0. The predicted molar refractivity (Wildman–Crippen MR) is 79.2 cm³/mol. The van der Waals surface area contributed by atoms with Crippen LogP contribution < -0.4 is 0 Å². The van der Waals surface area contributed by atoms with Crippen LogP contribution in [0.4, 0.5) is 0 Å². The van der Waals surface area contributed by atoms with Crippen LogP contribution in [-0.4, -0.2) is 26.1 Å². The van der Waals surface area contributed by atoms with Gasteiger partial charge in [-0.05, 0) is 41.3 Å². The molecule has 0 saturated heterocycles. The zero-order chi connectivity index (χ0) is 13.9. The average molecular weight is 337 g/mol. The van der Waals surface area contributed by atoms with E-state index in [2.05, 4.69) is 42.4 Å². The van der Waals surface area contributed by atoms with Crippen LogP contribution in [0, 0.1) is 0 Å². The van der Waals surface area contributed by atoms with Crippen LogP contribution in [0.25, 0.3) is 11.4 Å². The van der Waals surface area contributed by atoms with Crippen LogP contribution in [0.15, 0.2) is 23.2 Å². The maximum absolute atomic E-state index is 5.72. The summed E-state index contributed by atoms with van der Waals surface area (Å²) in [6.45, 7) is 3.39. The van der Waals surface area contributed by atoms with Gasteiger partial charge in [0.15, 0.2) is 0 Å². The highest BCUT2D eigenvalue weighted by atomic mass is 79.9. The molecule has 0 unspecified atom stereocenters. The maximum atomic E-state index is 5.72. The van der Waals surface area contributed by atoms with Gasteiger partial charge in [-0.25, -0.2) is 15.0 Å². The molecule has 0 bridgehead atoms. The van der Waals surface area contributed by atoms with Gasteiger partial charge in [0.2, 0.25) is 0 Å². The molecule has 106 valence electrons. The van der Waals surface area contributed by atoms with Crippen molar-refractivity contribution >= 4 is 15.9 Å². The Bertz CT molecular complexity index is 580. The molecule has 3 rings (SSSR count). The lowest BCUT2D eigenvalue weighted by Crippen LogP contribution is -2.09. The van der Waals surface area contributed by atoms with Crippen LogP contribution in [0.1, 0.15) is 37.9 Å². The third-order valence-electron chi connectivity index (χ3n) is 3.29. The molecule has 1 aliphatic rings. The molecule has 1 aliphatic carbocycles. The lowest BCUT2D eigenvalue weighted by molar-refractivity contribution is 0.0765. The molecule has 2 aromatic rings. The van der Waals surface area contributed by atoms with Crippen LogP contribution in [0.5, 0.6) is 0 Å². The molecule has 0 N–H and O–H groups in total. The average Bonchev–Trinajstić information content (AvgIpc) is 3.25. The van der Waals surface area contributed by atoms with Crippen LogP contribution in [0.3, 0.4) is 0 Å². The Morgan fingerprint density at radius 3 is 2.95 bits per heavy atom.